The van der Waals surface area contributed by atoms with Crippen molar-refractivity contribution in [3.63, 3.8) is 0 Å². The number of ether oxygens (including phenoxy) is 1. The molecule has 3 aromatic rings. The molecule has 0 saturated carbocycles. The number of hydrogen-bond donors (Lipinski definition) is 0. The number of thiazole rings is 1. The first-order chi connectivity index (χ1) is 13.0. The van der Waals surface area contributed by atoms with Crippen molar-refractivity contribution in [3.05, 3.63) is 53.1 Å². The van der Waals surface area contributed by atoms with Crippen LogP contribution in [0.15, 0.2) is 42.5 Å². The molecule has 3 rings (SSSR count). The van der Waals surface area contributed by atoms with E-state index in [4.69, 9.17) is 16.3 Å². The lowest BCUT2D eigenvalue weighted by atomic mass is 10.2. The van der Waals surface area contributed by atoms with Crippen molar-refractivity contribution >= 4 is 44.2 Å². The molecule has 0 radical (unpaired) electrons. The van der Waals surface area contributed by atoms with E-state index < -0.39 is 0 Å². The molecule has 2 aromatic carbocycles. The van der Waals surface area contributed by atoms with Gasteiger partial charge in [0.15, 0.2) is 5.13 Å². The van der Waals surface area contributed by atoms with Gasteiger partial charge in [-0.2, -0.15) is 0 Å². The molecule has 0 saturated heterocycles. The molecule has 142 valence electrons. The van der Waals surface area contributed by atoms with Gasteiger partial charge in [0.1, 0.15) is 5.75 Å². The van der Waals surface area contributed by atoms with Crippen LogP contribution < -0.4 is 9.64 Å². The first kappa shape index (κ1) is 19.6. The Morgan fingerprint density at radius 2 is 1.89 bits per heavy atom. The molecular weight excluding hydrogens is 382 g/mol. The van der Waals surface area contributed by atoms with E-state index >= 15 is 0 Å². The van der Waals surface area contributed by atoms with Crippen molar-refractivity contribution in [1.82, 2.24) is 9.88 Å². The van der Waals surface area contributed by atoms with Crippen molar-refractivity contribution in [3.8, 4) is 5.75 Å². The molecule has 0 unspecified atom stereocenters. The molecule has 0 aliphatic heterocycles. The number of likely N-dealkylation sites (N-methyl/N-ethyl adjacent to an activating group) is 1. The maximum Gasteiger partial charge on any atom is 0.260 e. The quantitative estimate of drug-likeness (QED) is 0.580. The second kappa shape index (κ2) is 8.69. The van der Waals surface area contributed by atoms with E-state index in [2.05, 4.69) is 4.98 Å². The Morgan fingerprint density at radius 1 is 1.15 bits per heavy atom. The van der Waals surface area contributed by atoms with Crippen LogP contribution in [-0.2, 0) is 0 Å². The van der Waals surface area contributed by atoms with Crippen LogP contribution in [0.4, 0.5) is 5.13 Å². The lowest BCUT2D eigenvalue weighted by Gasteiger charge is -2.22. The number of anilines is 1. The molecule has 0 fully saturated rings. The number of rotatable bonds is 7. The van der Waals surface area contributed by atoms with Gasteiger partial charge in [0.05, 0.1) is 16.8 Å². The van der Waals surface area contributed by atoms with Gasteiger partial charge in [0, 0.05) is 23.7 Å². The molecule has 7 heteroatoms. The lowest BCUT2D eigenvalue weighted by molar-refractivity contribution is 0.0985. The van der Waals surface area contributed by atoms with Crippen LogP contribution in [0.3, 0.4) is 0 Å². The maximum atomic E-state index is 13.1. The number of halogens is 1. The van der Waals surface area contributed by atoms with Gasteiger partial charge in [-0.3, -0.25) is 9.69 Å². The SMILES string of the molecule is CCOc1ccc2nc(N(CCN(C)C)C(=O)c3ccc(Cl)cc3)sc2c1. The summed E-state index contributed by atoms with van der Waals surface area (Å²) < 4.78 is 6.56. The Hall–Kier alpha value is -2.15. The van der Waals surface area contributed by atoms with Crippen molar-refractivity contribution in [2.24, 2.45) is 0 Å². The van der Waals surface area contributed by atoms with E-state index in [0.29, 0.717) is 28.9 Å². The Kier molecular flexibility index (Phi) is 6.31. The molecule has 0 aliphatic rings. The maximum absolute atomic E-state index is 13.1. The minimum absolute atomic E-state index is 0.0856. The molecule has 1 aromatic heterocycles. The van der Waals surface area contributed by atoms with Crippen LogP contribution in [0.25, 0.3) is 10.2 Å². The van der Waals surface area contributed by atoms with Crippen molar-refractivity contribution in [2.75, 3.05) is 38.7 Å². The van der Waals surface area contributed by atoms with Crippen molar-refractivity contribution in [1.29, 1.82) is 0 Å². The summed E-state index contributed by atoms with van der Waals surface area (Å²) in [5.41, 5.74) is 1.45. The third-order valence-electron chi connectivity index (χ3n) is 4.00. The van der Waals surface area contributed by atoms with E-state index in [1.807, 2.05) is 44.1 Å². The molecule has 0 atom stereocenters. The molecule has 0 aliphatic carbocycles. The predicted octanol–water partition coefficient (Wildman–Crippen LogP) is 4.56. The number of hydrogen-bond acceptors (Lipinski definition) is 5. The van der Waals surface area contributed by atoms with E-state index in [9.17, 15) is 4.79 Å². The number of benzene rings is 2. The monoisotopic (exact) mass is 403 g/mol. The van der Waals surface area contributed by atoms with E-state index in [0.717, 1.165) is 22.5 Å². The number of aromatic nitrogens is 1. The summed E-state index contributed by atoms with van der Waals surface area (Å²) in [5.74, 6) is 0.724. The molecule has 0 N–H and O–H groups in total. The summed E-state index contributed by atoms with van der Waals surface area (Å²) in [6.45, 7) is 3.85. The van der Waals surface area contributed by atoms with Crippen LogP contribution in [0.2, 0.25) is 5.02 Å². The van der Waals surface area contributed by atoms with Crippen LogP contribution in [-0.4, -0.2) is 49.6 Å². The Morgan fingerprint density at radius 3 is 2.56 bits per heavy atom. The van der Waals surface area contributed by atoms with Gasteiger partial charge in [-0.1, -0.05) is 22.9 Å². The molecule has 5 nitrogen and oxygen atoms in total. The van der Waals surface area contributed by atoms with Gasteiger partial charge in [-0.05, 0) is 63.5 Å². The molecule has 1 amide bonds. The Labute approximate surface area is 168 Å². The summed E-state index contributed by atoms with van der Waals surface area (Å²) in [6.07, 6.45) is 0. The fourth-order valence-corrected chi connectivity index (χ4v) is 3.74. The third kappa shape index (κ3) is 4.77. The average molecular weight is 404 g/mol. The summed E-state index contributed by atoms with van der Waals surface area (Å²) in [7, 11) is 3.97. The number of fused-ring (bicyclic) bond motifs is 1. The lowest BCUT2D eigenvalue weighted by Crippen LogP contribution is -2.36. The number of carbonyl (C=O) groups excluding carboxylic acids is 1. The second-order valence-corrected chi connectivity index (χ2v) is 7.77. The fraction of sp³-hybridized carbons (Fsp3) is 0.300. The van der Waals surface area contributed by atoms with Gasteiger partial charge < -0.3 is 9.64 Å². The van der Waals surface area contributed by atoms with Gasteiger partial charge in [0.2, 0.25) is 0 Å². The van der Waals surface area contributed by atoms with Crippen LogP contribution in [0.1, 0.15) is 17.3 Å². The molecule has 0 spiro atoms. The topological polar surface area (TPSA) is 45.7 Å². The zero-order valence-electron chi connectivity index (χ0n) is 15.6. The Bertz CT molecular complexity index is 925. The van der Waals surface area contributed by atoms with Gasteiger partial charge in [-0.25, -0.2) is 4.98 Å². The van der Waals surface area contributed by atoms with Crippen LogP contribution in [0, 0.1) is 0 Å². The predicted molar refractivity (Wildman–Crippen MR) is 112 cm³/mol. The van der Waals surface area contributed by atoms with Gasteiger partial charge in [-0.15, -0.1) is 0 Å². The number of carbonyl (C=O) groups is 1. The number of nitrogens with zero attached hydrogens (tertiary/aromatic N) is 3. The highest BCUT2D eigenvalue weighted by Crippen LogP contribution is 2.32. The second-order valence-electron chi connectivity index (χ2n) is 6.33. The molecular formula is C20H22ClN3O2S. The highest BCUT2D eigenvalue weighted by molar-refractivity contribution is 7.22. The smallest absolute Gasteiger partial charge is 0.260 e. The summed E-state index contributed by atoms with van der Waals surface area (Å²) >= 11 is 7.45. The van der Waals surface area contributed by atoms with Crippen molar-refractivity contribution in [2.45, 2.75) is 6.92 Å². The van der Waals surface area contributed by atoms with E-state index in [1.165, 1.54) is 11.3 Å². The highest BCUT2D eigenvalue weighted by Gasteiger charge is 2.21. The first-order valence-corrected chi connectivity index (χ1v) is 9.93. The fourth-order valence-electron chi connectivity index (χ4n) is 2.60. The standard InChI is InChI=1S/C20H22ClN3O2S/c1-4-26-16-9-10-17-18(13-16)27-20(22-17)24(12-11-23(2)3)19(25)14-5-7-15(21)8-6-14/h5-10,13H,4,11-12H2,1-3H3. The molecule has 27 heavy (non-hydrogen) atoms. The third-order valence-corrected chi connectivity index (χ3v) is 5.29. The minimum atomic E-state index is -0.0856. The van der Waals surface area contributed by atoms with Gasteiger partial charge in [0.25, 0.3) is 5.91 Å². The van der Waals surface area contributed by atoms with Crippen LogP contribution in [0.5, 0.6) is 5.75 Å². The van der Waals surface area contributed by atoms with Crippen LogP contribution >= 0.6 is 22.9 Å². The minimum Gasteiger partial charge on any atom is -0.494 e. The molecule has 1 heterocycles. The number of amides is 1. The Balaban J connectivity index is 1.95. The summed E-state index contributed by atoms with van der Waals surface area (Å²) in [6, 6.07) is 12.7. The zero-order chi connectivity index (χ0) is 19.4. The summed E-state index contributed by atoms with van der Waals surface area (Å²) in [5, 5.41) is 1.29. The zero-order valence-corrected chi connectivity index (χ0v) is 17.2. The van der Waals surface area contributed by atoms with Crippen molar-refractivity contribution < 1.29 is 9.53 Å². The first-order valence-electron chi connectivity index (χ1n) is 8.73. The van der Waals surface area contributed by atoms with Gasteiger partial charge >= 0.3 is 0 Å². The average Bonchev–Trinajstić information content (AvgIpc) is 3.05. The normalized spacial score (nSPS) is 11.1. The molecule has 0 bridgehead atoms. The largest absolute Gasteiger partial charge is 0.494 e. The van der Waals surface area contributed by atoms with E-state index in [-0.39, 0.29) is 5.91 Å². The summed E-state index contributed by atoms with van der Waals surface area (Å²) in [4.78, 5) is 21.6. The van der Waals surface area contributed by atoms with E-state index in [1.54, 1.807) is 29.2 Å². The highest BCUT2D eigenvalue weighted by atomic mass is 35.5.